The molecule has 3 aromatic rings. The van der Waals surface area contributed by atoms with Crippen LogP contribution in [-0.2, 0) is 16.0 Å². The van der Waals surface area contributed by atoms with E-state index < -0.39 is 11.7 Å². The predicted octanol–water partition coefficient (Wildman–Crippen LogP) is 5.68. The van der Waals surface area contributed by atoms with Crippen molar-refractivity contribution in [2.24, 2.45) is 5.92 Å². The van der Waals surface area contributed by atoms with Crippen LogP contribution in [0.4, 0.5) is 4.79 Å². The summed E-state index contributed by atoms with van der Waals surface area (Å²) in [6.07, 6.45) is -0.198. The van der Waals surface area contributed by atoms with E-state index in [1.807, 2.05) is 81.4 Å². The molecule has 1 heterocycles. The summed E-state index contributed by atoms with van der Waals surface area (Å²) in [5.41, 5.74) is 2.39. The molecule has 1 amide bonds. The summed E-state index contributed by atoms with van der Waals surface area (Å²) in [5, 5.41) is 0. The smallest absolute Gasteiger partial charge is 0.410 e. The lowest BCUT2D eigenvalue weighted by atomic mass is 9.84. The Morgan fingerprint density at radius 1 is 0.829 bits per heavy atom. The quantitative estimate of drug-likeness (QED) is 0.436. The Morgan fingerprint density at radius 3 is 2.11 bits per heavy atom. The Balaban J connectivity index is 1.54. The molecule has 3 aromatic carbocycles. The summed E-state index contributed by atoms with van der Waals surface area (Å²) in [4.78, 5) is 40.8. The van der Waals surface area contributed by atoms with Crippen molar-refractivity contribution in [1.82, 2.24) is 4.90 Å². The highest BCUT2D eigenvalue weighted by molar-refractivity contribution is 6.09. The van der Waals surface area contributed by atoms with E-state index >= 15 is 0 Å². The average molecular weight is 470 g/mol. The van der Waals surface area contributed by atoms with Crippen LogP contribution in [0.25, 0.3) is 0 Å². The Labute approximate surface area is 206 Å². The number of ether oxygens (including phenoxy) is 1. The SMILES string of the molecule is CC(C)(C)OC(=O)N1C[C@@H](C(=O)Cc2cccc(C(=O)c3ccccc3)c2)[C@H](c2ccccc2)C1. The molecule has 0 unspecified atom stereocenters. The van der Waals surface area contributed by atoms with Crippen molar-refractivity contribution >= 4 is 17.7 Å². The highest BCUT2D eigenvalue weighted by atomic mass is 16.6. The molecule has 35 heavy (non-hydrogen) atoms. The summed E-state index contributed by atoms with van der Waals surface area (Å²) < 4.78 is 5.57. The van der Waals surface area contributed by atoms with Gasteiger partial charge in [-0.2, -0.15) is 0 Å². The Kier molecular flexibility index (Phi) is 7.15. The fourth-order valence-corrected chi connectivity index (χ4v) is 4.55. The molecule has 1 aliphatic rings. The van der Waals surface area contributed by atoms with Gasteiger partial charge in [-0.25, -0.2) is 4.79 Å². The van der Waals surface area contributed by atoms with Crippen molar-refractivity contribution in [3.63, 3.8) is 0 Å². The van der Waals surface area contributed by atoms with E-state index in [4.69, 9.17) is 4.74 Å². The average Bonchev–Trinajstić information content (AvgIpc) is 3.30. The number of rotatable bonds is 6. The van der Waals surface area contributed by atoms with Gasteiger partial charge in [0.2, 0.25) is 0 Å². The van der Waals surface area contributed by atoms with E-state index in [2.05, 4.69) is 0 Å². The van der Waals surface area contributed by atoms with Crippen LogP contribution in [0.2, 0.25) is 0 Å². The molecule has 1 fully saturated rings. The Morgan fingerprint density at radius 2 is 1.46 bits per heavy atom. The number of likely N-dealkylation sites (tertiary alicyclic amines) is 1. The molecule has 2 atom stereocenters. The van der Waals surface area contributed by atoms with E-state index in [0.717, 1.165) is 11.1 Å². The first-order valence-electron chi connectivity index (χ1n) is 12.0. The zero-order valence-electron chi connectivity index (χ0n) is 20.4. The van der Waals surface area contributed by atoms with Crippen LogP contribution in [0.3, 0.4) is 0 Å². The largest absolute Gasteiger partial charge is 0.444 e. The molecular weight excluding hydrogens is 438 g/mol. The number of ketones is 2. The summed E-state index contributed by atoms with van der Waals surface area (Å²) in [5.74, 6) is -0.475. The first-order valence-corrected chi connectivity index (χ1v) is 12.0. The maximum atomic E-state index is 13.5. The van der Waals surface area contributed by atoms with Crippen molar-refractivity contribution in [2.45, 2.75) is 38.7 Å². The molecule has 0 radical (unpaired) electrons. The molecule has 0 bridgehead atoms. The molecule has 0 N–H and O–H groups in total. The lowest BCUT2D eigenvalue weighted by Crippen LogP contribution is -2.36. The number of benzene rings is 3. The van der Waals surface area contributed by atoms with Crippen LogP contribution in [-0.4, -0.2) is 41.3 Å². The van der Waals surface area contributed by atoms with Gasteiger partial charge in [-0.3, -0.25) is 9.59 Å². The number of Topliss-reactive ketones (excluding diaryl/α,β-unsaturated/α-hetero) is 1. The van der Waals surface area contributed by atoms with Crippen LogP contribution in [0.5, 0.6) is 0 Å². The molecule has 0 saturated carbocycles. The molecule has 0 spiro atoms. The number of nitrogens with zero attached hydrogens (tertiary/aromatic N) is 1. The van der Waals surface area contributed by atoms with E-state index in [1.165, 1.54) is 0 Å². The van der Waals surface area contributed by atoms with Crippen LogP contribution in [0, 0.1) is 5.92 Å². The molecule has 5 nitrogen and oxygen atoms in total. The standard InChI is InChI=1S/C30H31NO4/c1-30(2,3)35-29(34)31-19-25(22-12-6-4-7-13-22)26(20-31)27(32)18-21-11-10-16-24(17-21)28(33)23-14-8-5-9-15-23/h4-17,25-26H,18-20H2,1-3H3/t25-,26+/m0/s1. The molecule has 1 aliphatic heterocycles. The molecule has 0 aliphatic carbocycles. The first kappa shape index (κ1) is 24.4. The third kappa shape index (κ3) is 6.04. The minimum atomic E-state index is -0.604. The Hall–Kier alpha value is -3.73. The summed E-state index contributed by atoms with van der Waals surface area (Å²) in [6, 6.07) is 26.2. The lowest BCUT2D eigenvalue weighted by molar-refractivity contribution is -0.122. The predicted molar refractivity (Wildman–Crippen MR) is 136 cm³/mol. The molecule has 180 valence electrons. The third-order valence-electron chi connectivity index (χ3n) is 6.22. The highest BCUT2D eigenvalue weighted by Gasteiger charge is 2.41. The topological polar surface area (TPSA) is 63.7 Å². The number of amides is 1. The van der Waals surface area contributed by atoms with Gasteiger partial charge in [-0.15, -0.1) is 0 Å². The Bertz CT molecular complexity index is 1200. The first-order chi connectivity index (χ1) is 16.7. The number of carbonyl (C=O) groups is 3. The second kappa shape index (κ2) is 10.3. The molecule has 4 rings (SSSR count). The van der Waals surface area contributed by atoms with Crippen LogP contribution >= 0.6 is 0 Å². The normalized spacial score (nSPS) is 17.7. The molecule has 0 aromatic heterocycles. The van der Waals surface area contributed by atoms with Crippen molar-refractivity contribution in [1.29, 1.82) is 0 Å². The van der Waals surface area contributed by atoms with Gasteiger partial charge >= 0.3 is 6.09 Å². The van der Waals surface area contributed by atoms with E-state index in [1.54, 1.807) is 29.2 Å². The molecular formula is C30H31NO4. The van der Waals surface area contributed by atoms with Gasteiger partial charge in [0.25, 0.3) is 0 Å². The van der Waals surface area contributed by atoms with Crippen LogP contribution in [0.15, 0.2) is 84.9 Å². The highest BCUT2D eigenvalue weighted by Crippen LogP contribution is 2.35. The second-order valence-corrected chi connectivity index (χ2v) is 10.0. The van der Waals surface area contributed by atoms with Crippen molar-refractivity contribution in [3.8, 4) is 0 Å². The third-order valence-corrected chi connectivity index (χ3v) is 6.22. The van der Waals surface area contributed by atoms with E-state index in [0.29, 0.717) is 24.2 Å². The minimum Gasteiger partial charge on any atom is -0.444 e. The maximum Gasteiger partial charge on any atom is 0.410 e. The monoisotopic (exact) mass is 469 g/mol. The maximum absolute atomic E-state index is 13.5. The van der Waals surface area contributed by atoms with Crippen molar-refractivity contribution in [2.75, 3.05) is 13.1 Å². The zero-order valence-corrected chi connectivity index (χ0v) is 20.4. The van der Waals surface area contributed by atoms with Gasteiger partial charge in [0, 0.05) is 42.5 Å². The van der Waals surface area contributed by atoms with Crippen LogP contribution < -0.4 is 0 Å². The van der Waals surface area contributed by atoms with Gasteiger partial charge in [0.05, 0.1) is 0 Å². The summed E-state index contributed by atoms with van der Waals surface area (Å²) in [7, 11) is 0. The van der Waals surface area contributed by atoms with Gasteiger partial charge in [0.15, 0.2) is 5.78 Å². The van der Waals surface area contributed by atoms with Crippen molar-refractivity contribution < 1.29 is 19.1 Å². The molecule has 5 heteroatoms. The minimum absolute atomic E-state index is 0.0502. The van der Waals surface area contributed by atoms with Gasteiger partial charge < -0.3 is 9.64 Å². The second-order valence-electron chi connectivity index (χ2n) is 10.0. The van der Waals surface area contributed by atoms with Crippen LogP contribution in [0.1, 0.15) is 53.7 Å². The summed E-state index contributed by atoms with van der Waals surface area (Å²) in [6.45, 7) is 6.25. The van der Waals surface area contributed by atoms with Gasteiger partial charge in [-0.05, 0) is 38.0 Å². The lowest BCUT2D eigenvalue weighted by Gasteiger charge is -2.24. The zero-order chi connectivity index (χ0) is 25.0. The van der Waals surface area contributed by atoms with E-state index in [9.17, 15) is 14.4 Å². The fraction of sp³-hybridized carbons (Fsp3) is 0.300. The van der Waals surface area contributed by atoms with Gasteiger partial charge in [-0.1, -0.05) is 78.9 Å². The number of carbonyl (C=O) groups excluding carboxylic acids is 3. The fourth-order valence-electron chi connectivity index (χ4n) is 4.55. The number of hydrogen-bond acceptors (Lipinski definition) is 4. The number of hydrogen-bond donors (Lipinski definition) is 0. The summed E-state index contributed by atoms with van der Waals surface area (Å²) >= 11 is 0. The van der Waals surface area contributed by atoms with Crippen molar-refractivity contribution in [3.05, 3.63) is 107 Å². The van der Waals surface area contributed by atoms with Gasteiger partial charge in [0.1, 0.15) is 11.4 Å². The molecule has 1 saturated heterocycles. The van der Waals surface area contributed by atoms with E-state index in [-0.39, 0.29) is 29.8 Å².